The van der Waals surface area contributed by atoms with Crippen molar-refractivity contribution in [2.45, 2.75) is 46.7 Å². The molecule has 0 aliphatic rings. The lowest BCUT2D eigenvalue weighted by atomic mass is 9.91. The summed E-state index contributed by atoms with van der Waals surface area (Å²) in [5.41, 5.74) is 1.02. The van der Waals surface area contributed by atoms with Crippen molar-refractivity contribution in [3.05, 3.63) is 82.0 Å². The Kier molecular flexibility index (Phi) is 9.58. The maximum Gasteiger partial charge on any atom is 0.242 e. The summed E-state index contributed by atoms with van der Waals surface area (Å²) in [6, 6.07) is 12.8. The van der Waals surface area contributed by atoms with Crippen LogP contribution < -0.4 is 5.43 Å². The topological polar surface area (TPSA) is 80.1 Å². The van der Waals surface area contributed by atoms with Crippen molar-refractivity contribution in [3.8, 4) is 0 Å². The number of benzene rings is 2. The van der Waals surface area contributed by atoms with E-state index in [0.717, 1.165) is 0 Å². The second kappa shape index (κ2) is 12.6. The van der Waals surface area contributed by atoms with Gasteiger partial charge in [0.25, 0.3) is 0 Å². The van der Waals surface area contributed by atoms with Gasteiger partial charge in [-0.1, -0.05) is 45.0 Å². The largest absolute Gasteiger partial charge is 0.464 e. The van der Waals surface area contributed by atoms with Crippen LogP contribution in [0.15, 0.2) is 64.0 Å². The number of rotatable bonds is 11. The van der Waals surface area contributed by atoms with E-state index in [-0.39, 0.29) is 48.1 Å². The van der Waals surface area contributed by atoms with E-state index >= 15 is 0 Å². The van der Waals surface area contributed by atoms with Gasteiger partial charge in [-0.2, -0.15) is 0 Å². The Morgan fingerprint density at radius 1 is 0.973 bits per heavy atom. The quantitative estimate of drug-likeness (QED) is 0.348. The van der Waals surface area contributed by atoms with Gasteiger partial charge in [0.05, 0.1) is 30.3 Å². The minimum absolute atomic E-state index is 0.0112. The van der Waals surface area contributed by atoms with Gasteiger partial charge in [-0.05, 0) is 41.7 Å². The predicted molar refractivity (Wildman–Crippen MR) is 140 cm³/mol. The van der Waals surface area contributed by atoms with Crippen molar-refractivity contribution in [1.29, 1.82) is 0 Å². The van der Waals surface area contributed by atoms with Gasteiger partial charge in [-0.15, -0.1) is 0 Å². The van der Waals surface area contributed by atoms with Gasteiger partial charge < -0.3 is 19.0 Å². The van der Waals surface area contributed by atoms with Crippen LogP contribution in [0.4, 0.5) is 4.39 Å². The molecule has 0 saturated heterocycles. The molecule has 1 aromatic heterocycles. The second-order valence-electron chi connectivity index (χ2n) is 10.4. The third-order valence-electron chi connectivity index (χ3n) is 5.89. The number of para-hydroxylation sites is 1. The third kappa shape index (κ3) is 8.25. The summed E-state index contributed by atoms with van der Waals surface area (Å²) in [6.07, 6.45) is 2.25. The van der Waals surface area contributed by atoms with Crippen molar-refractivity contribution in [2.24, 2.45) is 5.41 Å². The number of hydrogen-bond donors (Lipinski definition) is 0. The number of methoxy groups -OCH3 is 1. The molecule has 0 aliphatic heterocycles. The molecule has 0 radical (unpaired) electrons. The Labute approximate surface area is 216 Å². The van der Waals surface area contributed by atoms with Crippen molar-refractivity contribution in [1.82, 2.24) is 9.80 Å². The Balaban J connectivity index is 1.88. The first-order valence-electron chi connectivity index (χ1n) is 12.4. The number of carbonyl (C=O) groups excluding carboxylic acids is 2. The number of carbonyl (C=O) groups is 2. The molecule has 0 spiro atoms. The van der Waals surface area contributed by atoms with Crippen LogP contribution in [-0.2, 0) is 27.4 Å². The van der Waals surface area contributed by atoms with E-state index in [1.165, 1.54) is 23.3 Å². The summed E-state index contributed by atoms with van der Waals surface area (Å²) in [5.74, 6) is -0.825. The van der Waals surface area contributed by atoms with E-state index in [4.69, 9.17) is 9.15 Å². The first-order valence-corrected chi connectivity index (χ1v) is 12.4. The fourth-order valence-corrected chi connectivity index (χ4v) is 4.00. The molecule has 0 aliphatic carbocycles. The summed E-state index contributed by atoms with van der Waals surface area (Å²) in [6.45, 7) is 6.74. The minimum atomic E-state index is -0.381. The van der Waals surface area contributed by atoms with Gasteiger partial charge in [-0.25, -0.2) is 4.39 Å². The standard InChI is InChI=1S/C29H35FN2O5/c1-29(2,3)16-26(33)31(14-7-15-36-4)19-27(34)32(17-21-10-12-23(30)13-11-21)18-22-20-37-25-9-6-5-8-24(25)28(22)35/h5-6,8-13,20H,7,14-19H2,1-4H3. The van der Waals surface area contributed by atoms with Crippen molar-refractivity contribution in [2.75, 3.05) is 26.8 Å². The highest BCUT2D eigenvalue weighted by molar-refractivity contribution is 5.85. The molecule has 198 valence electrons. The highest BCUT2D eigenvalue weighted by atomic mass is 19.1. The molecular weight excluding hydrogens is 475 g/mol. The van der Waals surface area contributed by atoms with Crippen LogP contribution in [0, 0.1) is 11.2 Å². The molecule has 0 bridgehead atoms. The average Bonchev–Trinajstić information content (AvgIpc) is 2.85. The molecule has 8 heteroatoms. The summed E-state index contributed by atoms with van der Waals surface area (Å²) < 4.78 is 24.3. The average molecular weight is 511 g/mol. The molecule has 0 unspecified atom stereocenters. The summed E-state index contributed by atoms with van der Waals surface area (Å²) in [4.78, 5) is 42.8. The maximum atomic E-state index is 13.6. The maximum absolute atomic E-state index is 13.6. The van der Waals surface area contributed by atoms with Gasteiger partial charge in [-0.3, -0.25) is 14.4 Å². The monoisotopic (exact) mass is 510 g/mol. The van der Waals surface area contributed by atoms with Gasteiger partial charge >= 0.3 is 0 Å². The number of amides is 2. The van der Waals surface area contributed by atoms with Gasteiger partial charge in [0, 0.05) is 33.2 Å². The fourth-order valence-electron chi connectivity index (χ4n) is 4.00. The lowest BCUT2D eigenvalue weighted by molar-refractivity contribution is -0.142. The lowest BCUT2D eigenvalue weighted by Crippen LogP contribution is -2.44. The summed E-state index contributed by atoms with van der Waals surface area (Å²) in [5, 5.41) is 0.427. The fraction of sp³-hybridized carbons (Fsp3) is 0.414. The van der Waals surface area contributed by atoms with E-state index < -0.39 is 0 Å². The van der Waals surface area contributed by atoms with Crippen molar-refractivity contribution < 1.29 is 23.1 Å². The van der Waals surface area contributed by atoms with Gasteiger partial charge in [0.1, 0.15) is 11.4 Å². The molecule has 2 aromatic carbocycles. The molecule has 0 N–H and O–H groups in total. The van der Waals surface area contributed by atoms with Crippen LogP contribution in [-0.4, -0.2) is 48.4 Å². The number of nitrogens with zero attached hydrogens (tertiary/aromatic N) is 2. The van der Waals surface area contributed by atoms with Crippen molar-refractivity contribution in [3.63, 3.8) is 0 Å². The van der Waals surface area contributed by atoms with Crippen LogP contribution in [0.1, 0.15) is 44.7 Å². The van der Waals surface area contributed by atoms with E-state index in [2.05, 4.69) is 0 Å². The molecule has 3 aromatic rings. The summed E-state index contributed by atoms with van der Waals surface area (Å²) in [7, 11) is 1.59. The van der Waals surface area contributed by atoms with Gasteiger partial charge in [0.15, 0.2) is 5.43 Å². The van der Waals surface area contributed by atoms with E-state index in [1.54, 1.807) is 48.4 Å². The van der Waals surface area contributed by atoms with Crippen LogP contribution in [0.25, 0.3) is 11.0 Å². The molecule has 3 rings (SSSR count). The number of halogens is 1. The van der Waals surface area contributed by atoms with Crippen LogP contribution in [0.3, 0.4) is 0 Å². The highest BCUT2D eigenvalue weighted by Gasteiger charge is 2.26. The zero-order chi connectivity index (χ0) is 27.0. The molecule has 7 nitrogen and oxygen atoms in total. The van der Waals surface area contributed by atoms with Crippen LogP contribution in [0.5, 0.6) is 0 Å². The van der Waals surface area contributed by atoms with Gasteiger partial charge in [0.2, 0.25) is 11.8 Å². The van der Waals surface area contributed by atoms with E-state index in [9.17, 15) is 18.8 Å². The predicted octanol–water partition coefficient (Wildman–Crippen LogP) is 4.76. The number of hydrogen-bond acceptors (Lipinski definition) is 5. The van der Waals surface area contributed by atoms with Crippen LogP contribution >= 0.6 is 0 Å². The molecule has 2 amide bonds. The minimum Gasteiger partial charge on any atom is -0.464 e. The SMILES string of the molecule is COCCCN(CC(=O)N(Cc1ccc(F)cc1)Cc1coc2ccccc2c1=O)C(=O)CC(C)(C)C. The smallest absolute Gasteiger partial charge is 0.242 e. The van der Waals surface area contributed by atoms with E-state index in [0.29, 0.717) is 48.1 Å². The summed E-state index contributed by atoms with van der Waals surface area (Å²) >= 11 is 0. The van der Waals surface area contributed by atoms with E-state index in [1.807, 2.05) is 20.8 Å². The van der Waals surface area contributed by atoms with Crippen LogP contribution in [0.2, 0.25) is 0 Å². The Morgan fingerprint density at radius 2 is 1.68 bits per heavy atom. The normalized spacial score (nSPS) is 11.5. The lowest BCUT2D eigenvalue weighted by Gasteiger charge is -2.29. The zero-order valence-electron chi connectivity index (χ0n) is 22.0. The molecule has 37 heavy (non-hydrogen) atoms. The molecule has 0 atom stereocenters. The third-order valence-corrected chi connectivity index (χ3v) is 5.89. The number of fused-ring (bicyclic) bond motifs is 1. The molecule has 1 heterocycles. The zero-order valence-corrected chi connectivity index (χ0v) is 22.0. The number of ether oxygens (including phenoxy) is 1. The first kappa shape index (κ1) is 28.1. The Bertz CT molecular complexity index is 1260. The molecule has 0 saturated carbocycles. The molecule has 0 fully saturated rings. The second-order valence-corrected chi connectivity index (χ2v) is 10.4. The highest BCUT2D eigenvalue weighted by Crippen LogP contribution is 2.20. The Morgan fingerprint density at radius 3 is 2.35 bits per heavy atom. The first-order chi connectivity index (χ1) is 17.6. The van der Waals surface area contributed by atoms with Crippen molar-refractivity contribution >= 4 is 22.8 Å². The molecular formula is C29H35FN2O5. The Hall–Kier alpha value is -3.52.